The standard InChI is InChI=1S/C15H23N3O6/c1-8-5-6-22-15(11(21)17-14(8,16)10(20)18-15)9(19)13(4)7-23-12(2,3)24-13/h9,19H,1,5-7,16H2,2-4H3,(H,17,21)(H,18,20)/t9-,13+,14-,15-/m0/s1. The topological polar surface area (TPSA) is 132 Å². The summed E-state index contributed by atoms with van der Waals surface area (Å²) in [5.74, 6) is -2.39. The van der Waals surface area contributed by atoms with E-state index in [1.54, 1.807) is 20.8 Å². The van der Waals surface area contributed by atoms with E-state index in [-0.39, 0.29) is 19.6 Å². The summed E-state index contributed by atoms with van der Waals surface area (Å²) in [5.41, 5.74) is 1.31. The van der Waals surface area contributed by atoms with Crippen molar-refractivity contribution in [3.63, 3.8) is 0 Å². The molecule has 4 aliphatic heterocycles. The van der Waals surface area contributed by atoms with Gasteiger partial charge in [0.25, 0.3) is 17.5 Å². The lowest BCUT2D eigenvalue weighted by Crippen LogP contribution is -2.84. The van der Waals surface area contributed by atoms with Crippen molar-refractivity contribution in [3.05, 3.63) is 12.2 Å². The first-order chi connectivity index (χ1) is 11.0. The number of aliphatic hydroxyl groups excluding tert-OH is 1. The van der Waals surface area contributed by atoms with Crippen LogP contribution in [-0.4, -0.2) is 59.0 Å². The van der Waals surface area contributed by atoms with Crippen LogP contribution in [-0.2, 0) is 23.8 Å². The maximum atomic E-state index is 12.7. The molecule has 9 heteroatoms. The van der Waals surface area contributed by atoms with E-state index in [9.17, 15) is 14.7 Å². The zero-order valence-corrected chi connectivity index (χ0v) is 14.0. The van der Waals surface area contributed by atoms with Gasteiger partial charge in [-0.3, -0.25) is 15.3 Å². The van der Waals surface area contributed by atoms with Gasteiger partial charge in [-0.15, -0.1) is 0 Å². The van der Waals surface area contributed by atoms with E-state index in [2.05, 4.69) is 17.2 Å². The highest BCUT2D eigenvalue weighted by Gasteiger charge is 2.65. The van der Waals surface area contributed by atoms with E-state index in [1.807, 2.05) is 0 Å². The van der Waals surface area contributed by atoms with Gasteiger partial charge >= 0.3 is 0 Å². The highest BCUT2D eigenvalue weighted by molar-refractivity contribution is 6.03. The van der Waals surface area contributed by atoms with Crippen molar-refractivity contribution < 1.29 is 28.9 Å². The van der Waals surface area contributed by atoms with Gasteiger partial charge in [-0.05, 0) is 32.8 Å². The molecule has 9 nitrogen and oxygen atoms in total. The molecule has 5 N–H and O–H groups in total. The maximum Gasteiger partial charge on any atom is 0.278 e. The Hall–Kier alpha value is -1.52. The average Bonchev–Trinajstić information content (AvgIpc) is 2.77. The Balaban J connectivity index is 1.98. The van der Waals surface area contributed by atoms with Crippen molar-refractivity contribution in [2.24, 2.45) is 5.73 Å². The van der Waals surface area contributed by atoms with Gasteiger partial charge in [-0.1, -0.05) is 6.58 Å². The van der Waals surface area contributed by atoms with Gasteiger partial charge < -0.3 is 30.0 Å². The molecule has 134 valence electrons. The van der Waals surface area contributed by atoms with Crippen molar-refractivity contribution in [1.29, 1.82) is 0 Å². The molecule has 2 bridgehead atoms. The summed E-state index contributed by atoms with van der Waals surface area (Å²) < 4.78 is 16.9. The summed E-state index contributed by atoms with van der Waals surface area (Å²) in [7, 11) is 0. The number of hydrogen-bond acceptors (Lipinski definition) is 7. The van der Waals surface area contributed by atoms with E-state index in [1.165, 1.54) is 0 Å². The van der Waals surface area contributed by atoms with Crippen molar-refractivity contribution >= 4 is 11.8 Å². The molecule has 4 saturated heterocycles. The van der Waals surface area contributed by atoms with Gasteiger partial charge in [0.15, 0.2) is 11.4 Å². The molecule has 0 saturated carbocycles. The van der Waals surface area contributed by atoms with Crippen LogP contribution < -0.4 is 16.4 Å². The third-order valence-electron chi connectivity index (χ3n) is 4.75. The Labute approximate surface area is 139 Å². The molecule has 0 aromatic heterocycles. The molecule has 0 spiro atoms. The van der Waals surface area contributed by atoms with Gasteiger partial charge in [-0.2, -0.15) is 0 Å². The molecule has 4 atom stereocenters. The van der Waals surface area contributed by atoms with Gasteiger partial charge in [0.05, 0.1) is 13.2 Å². The summed E-state index contributed by atoms with van der Waals surface area (Å²) in [6, 6.07) is 0. The third-order valence-corrected chi connectivity index (χ3v) is 4.75. The van der Waals surface area contributed by atoms with Crippen molar-refractivity contribution in [2.45, 2.75) is 56.1 Å². The van der Waals surface area contributed by atoms with Crippen LogP contribution in [0.15, 0.2) is 12.2 Å². The summed E-state index contributed by atoms with van der Waals surface area (Å²) >= 11 is 0. The van der Waals surface area contributed by atoms with Gasteiger partial charge in [0.1, 0.15) is 11.7 Å². The molecule has 0 aliphatic carbocycles. The lowest BCUT2D eigenvalue weighted by atomic mass is 9.84. The molecule has 0 unspecified atom stereocenters. The Morgan fingerprint density at radius 3 is 2.46 bits per heavy atom. The van der Waals surface area contributed by atoms with Crippen LogP contribution in [0.5, 0.6) is 0 Å². The van der Waals surface area contributed by atoms with Gasteiger partial charge in [0, 0.05) is 0 Å². The summed E-state index contributed by atoms with van der Waals surface area (Å²) in [5, 5.41) is 15.8. The molecule has 4 fully saturated rings. The second-order valence-corrected chi connectivity index (χ2v) is 7.16. The Kier molecular flexibility index (Phi) is 3.60. The average molecular weight is 341 g/mol. The number of ether oxygens (including phenoxy) is 3. The van der Waals surface area contributed by atoms with Crippen molar-refractivity contribution in [1.82, 2.24) is 10.6 Å². The molecule has 4 rings (SSSR count). The number of fused-ring (bicyclic) bond motifs is 5. The van der Waals surface area contributed by atoms with Gasteiger partial charge in [-0.25, -0.2) is 0 Å². The maximum absolute atomic E-state index is 12.7. The molecule has 24 heavy (non-hydrogen) atoms. The first-order valence-corrected chi connectivity index (χ1v) is 7.74. The van der Waals surface area contributed by atoms with Crippen LogP contribution in [0.1, 0.15) is 27.2 Å². The normalized spacial score (nSPS) is 43.0. The highest BCUT2D eigenvalue weighted by atomic mass is 16.8. The predicted octanol–water partition coefficient (Wildman–Crippen LogP) is -1.54. The zero-order chi connectivity index (χ0) is 18.0. The van der Waals surface area contributed by atoms with E-state index >= 15 is 0 Å². The number of carbonyl (C=O) groups is 2. The van der Waals surface area contributed by atoms with E-state index in [4.69, 9.17) is 19.9 Å². The second-order valence-electron chi connectivity index (χ2n) is 7.16. The quantitative estimate of drug-likeness (QED) is 0.448. The molecule has 0 aromatic carbocycles. The van der Waals surface area contributed by atoms with E-state index in [0.29, 0.717) is 5.57 Å². The van der Waals surface area contributed by atoms with Crippen LogP contribution in [0.4, 0.5) is 0 Å². The number of aliphatic hydroxyl groups is 1. The minimum Gasteiger partial charge on any atom is -0.384 e. The molecule has 0 aromatic rings. The Bertz CT molecular complexity index is 622. The number of nitrogens with one attached hydrogen (secondary N) is 2. The SMILES string of the molecule is C=C1CCO[C@]2([C@@H](O)[C@@]3(C)COC(C)(C)O3)NC(=O)[C@@]1(N)NC2=O. The number of carbonyl (C=O) groups excluding carboxylic acids is 2. The van der Waals surface area contributed by atoms with Gasteiger partial charge in [0.2, 0.25) is 0 Å². The van der Waals surface area contributed by atoms with Crippen LogP contribution in [0, 0.1) is 0 Å². The smallest absolute Gasteiger partial charge is 0.278 e. The van der Waals surface area contributed by atoms with Crippen LogP contribution in [0.25, 0.3) is 0 Å². The van der Waals surface area contributed by atoms with Crippen LogP contribution >= 0.6 is 0 Å². The molecular formula is C15H23N3O6. The fourth-order valence-corrected chi connectivity index (χ4v) is 3.31. The highest BCUT2D eigenvalue weighted by Crippen LogP contribution is 2.39. The summed E-state index contributed by atoms with van der Waals surface area (Å²) in [6.07, 6.45) is -1.26. The molecule has 0 radical (unpaired) electrons. The third kappa shape index (κ3) is 2.27. The number of hydrogen-bond donors (Lipinski definition) is 4. The zero-order valence-electron chi connectivity index (χ0n) is 14.0. The lowest BCUT2D eigenvalue weighted by Gasteiger charge is -2.50. The Morgan fingerprint density at radius 2 is 1.88 bits per heavy atom. The summed E-state index contributed by atoms with van der Waals surface area (Å²) in [6.45, 7) is 8.79. The van der Waals surface area contributed by atoms with Crippen LogP contribution in [0.3, 0.4) is 0 Å². The molecule has 4 aliphatic rings. The number of rotatable bonds is 2. The monoisotopic (exact) mass is 341 g/mol. The second kappa shape index (κ2) is 4.99. The lowest BCUT2D eigenvalue weighted by molar-refractivity contribution is -0.235. The minimum absolute atomic E-state index is 0.0237. The fourth-order valence-electron chi connectivity index (χ4n) is 3.31. The number of nitrogens with two attached hydrogens (primary N) is 1. The van der Waals surface area contributed by atoms with Crippen molar-refractivity contribution in [2.75, 3.05) is 13.2 Å². The number of piperazine rings is 1. The molecule has 4 heterocycles. The van der Waals surface area contributed by atoms with E-state index in [0.717, 1.165) is 0 Å². The van der Waals surface area contributed by atoms with E-state index < -0.39 is 40.7 Å². The number of amides is 2. The van der Waals surface area contributed by atoms with Crippen LogP contribution in [0.2, 0.25) is 0 Å². The molecular weight excluding hydrogens is 318 g/mol. The first-order valence-electron chi connectivity index (χ1n) is 7.74. The minimum atomic E-state index is -2.01. The van der Waals surface area contributed by atoms with Crippen molar-refractivity contribution in [3.8, 4) is 0 Å². The largest absolute Gasteiger partial charge is 0.384 e. The first kappa shape index (κ1) is 17.3. The predicted molar refractivity (Wildman–Crippen MR) is 81.2 cm³/mol. The Morgan fingerprint density at radius 1 is 1.21 bits per heavy atom. The molecule has 2 amide bonds. The summed E-state index contributed by atoms with van der Waals surface area (Å²) in [4.78, 5) is 25.2. The fraction of sp³-hybridized carbons (Fsp3) is 0.733.